The molecule has 3 heteroatoms. The zero-order chi connectivity index (χ0) is 9.99. The lowest BCUT2D eigenvalue weighted by atomic mass is 10.2. The molecule has 0 aromatic heterocycles. The number of ether oxygens (including phenoxy) is 1. The Balaban J connectivity index is 4.32. The Kier molecular flexibility index (Phi) is 3.71. The Morgan fingerprint density at radius 3 is 1.83 bits per heavy atom. The molecule has 0 saturated carbocycles. The van der Waals surface area contributed by atoms with E-state index in [4.69, 9.17) is 4.74 Å². The zero-order valence-electron chi connectivity index (χ0n) is 8.82. The Bertz CT molecular complexity index is 168. The highest BCUT2D eigenvalue weighted by Gasteiger charge is 2.33. The van der Waals surface area contributed by atoms with Gasteiger partial charge in [0.1, 0.15) is 0 Å². The predicted octanol–water partition coefficient (Wildman–Crippen LogP) is 2.42. The smallest absolute Gasteiger partial charge is 0.315 e. The van der Waals surface area contributed by atoms with E-state index in [2.05, 4.69) is 20.8 Å². The Hall–Kier alpha value is -0.100. The summed E-state index contributed by atoms with van der Waals surface area (Å²) in [7, 11) is 2.02. The normalized spacial score (nSPS) is 13.8. The Morgan fingerprint density at radius 2 is 1.58 bits per heavy atom. The van der Waals surface area contributed by atoms with E-state index in [1.165, 1.54) is 7.11 Å². The molecule has 72 valence electrons. The quantitative estimate of drug-likeness (QED) is 0.493. The highest BCUT2D eigenvalue weighted by molar-refractivity contribution is 7.43. The molecule has 0 spiro atoms. The molecule has 0 heterocycles. The summed E-state index contributed by atoms with van der Waals surface area (Å²) >= 11 is 0. The molecule has 0 aromatic rings. The van der Waals surface area contributed by atoms with Gasteiger partial charge in [-0.1, -0.05) is 29.4 Å². The zero-order valence-corrected chi connectivity index (χ0v) is 9.82. The first-order valence-corrected chi connectivity index (χ1v) is 5.07. The second kappa shape index (κ2) is 3.74. The summed E-state index contributed by atoms with van der Waals surface area (Å²) in [6, 6.07) is 0. The monoisotopic (exact) mass is 190 g/mol. The third-order valence-electron chi connectivity index (χ3n) is 1.38. The fourth-order valence-electron chi connectivity index (χ4n) is 1.24. The number of hydrogen-bond acceptors (Lipinski definition) is 2. The lowest BCUT2D eigenvalue weighted by molar-refractivity contribution is -0.142. The van der Waals surface area contributed by atoms with Gasteiger partial charge in [0, 0.05) is 0 Å². The molecule has 2 nitrogen and oxygen atoms in total. The van der Waals surface area contributed by atoms with E-state index in [0.717, 1.165) is 0 Å². The molecule has 0 amide bonds. The molecule has 1 atom stereocenters. The minimum atomic E-state index is -0.340. The second-order valence-electron chi connectivity index (χ2n) is 4.49. The first-order chi connectivity index (χ1) is 5.19. The average Bonchev–Trinajstić information content (AvgIpc) is 1.80. The van der Waals surface area contributed by atoms with Gasteiger partial charge in [-0.25, -0.2) is 0 Å². The van der Waals surface area contributed by atoms with Gasteiger partial charge in [-0.15, -0.1) is 0 Å². The maximum Gasteiger partial charge on any atom is 0.315 e. The first kappa shape index (κ1) is 11.9. The summed E-state index contributed by atoms with van der Waals surface area (Å²) in [5, 5.41) is -0.148. The van der Waals surface area contributed by atoms with E-state index in [1.807, 2.05) is 13.8 Å². The van der Waals surface area contributed by atoms with Crippen LogP contribution in [0.15, 0.2) is 0 Å². The van der Waals surface area contributed by atoms with Crippen molar-refractivity contribution in [3.8, 4) is 0 Å². The van der Waals surface area contributed by atoms with Crippen LogP contribution >= 0.6 is 8.58 Å². The van der Waals surface area contributed by atoms with Crippen LogP contribution in [-0.4, -0.2) is 23.4 Å². The van der Waals surface area contributed by atoms with Crippen molar-refractivity contribution >= 4 is 14.6 Å². The summed E-state index contributed by atoms with van der Waals surface area (Å²) in [5.41, 5.74) is 0. The second-order valence-corrected chi connectivity index (χ2v) is 7.49. The molecule has 0 aliphatic rings. The minimum absolute atomic E-state index is 0.115. The van der Waals surface area contributed by atoms with Crippen LogP contribution in [0.2, 0.25) is 0 Å². The molecule has 0 aliphatic carbocycles. The number of esters is 1. The fourth-order valence-corrected chi connectivity index (χ4v) is 3.32. The summed E-state index contributed by atoms with van der Waals surface area (Å²) in [5.74, 6) is -0.115. The molecule has 0 bridgehead atoms. The number of hydrogen-bond donors (Lipinski definition) is 0. The number of rotatable bonds is 2. The summed E-state index contributed by atoms with van der Waals surface area (Å²) in [6.45, 7) is 10.3. The molecule has 0 saturated heterocycles. The lowest BCUT2D eigenvalue weighted by Gasteiger charge is -2.29. The van der Waals surface area contributed by atoms with E-state index >= 15 is 0 Å². The SMILES string of the molecule is COC(=O)C(C)(C)PC(C)(C)C. The first-order valence-electron chi connectivity index (χ1n) is 4.07. The van der Waals surface area contributed by atoms with Gasteiger partial charge in [0.15, 0.2) is 0 Å². The lowest BCUT2D eigenvalue weighted by Crippen LogP contribution is -2.31. The van der Waals surface area contributed by atoms with Gasteiger partial charge in [0.05, 0.1) is 12.3 Å². The summed E-state index contributed by atoms with van der Waals surface area (Å²) in [4.78, 5) is 11.3. The van der Waals surface area contributed by atoms with Crippen molar-refractivity contribution < 1.29 is 9.53 Å². The van der Waals surface area contributed by atoms with Crippen LogP contribution in [0.5, 0.6) is 0 Å². The molecule has 1 unspecified atom stereocenters. The van der Waals surface area contributed by atoms with Crippen molar-refractivity contribution in [2.75, 3.05) is 7.11 Å². The minimum Gasteiger partial charge on any atom is -0.468 e. The third-order valence-corrected chi connectivity index (χ3v) is 2.96. The van der Waals surface area contributed by atoms with Crippen LogP contribution < -0.4 is 0 Å². The van der Waals surface area contributed by atoms with Gasteiger partial charge in [0.2, 0.25) is 0 Å². The number of carbonyl (C=O) groups is 1. The van der Waals surface area contributed by atoms with Crippen LogP contribution in [0.1, 0.15) is 34.6 Å². The van der Waals surface area contributed by atoms with Gasteiger partial charge in [-0.05, 0) is 19.0 Å². The van der Waals surface area contributed by atoms with E-state index in [1.54, 1.807) is 0 Å². The van der Waals surface area contributed by atoms with Gasteiger partial charge in [-0.2, -0.15) is 0 Å². The fraction of sp³-hybridized carbons (Fsp3) is 0.889. The van der Waals surface area contributed by atoms with Gasteiger partial charge in [0.25, 0.3) is 0 Å². The van der Waals surface area contributed by atoms with Gasteiger partial charge < -0.3 is 4.74 Å². The standard InChI is InChI=1S/C9H19O2P/c1-8(2,3)12-9(4,5)7(10)11-6/h12H,1-6H3. The van der Waals surface area contributed by atoms with E-state index in [0.29, 0.717) is 8.58 Å². The Morgan fingerprint density at radius 1 is 1.17 bits per heavy atom. The van der Waals surface area contributed by atoms with E-state index in [-0.39, 0.29) is 16.3 Å². The number of methoxy groups -OCH3 is 1. The van der Waals surface area contributed by atoms with Crippen molar-refractivity contribution in [3.63, 3.8) is 0 Å². The molecular weight excluding hydrogens is 171 g/mol. The summed E-state index contributed by atoms with van der Waals surface area (Å²) < 4.78 is 4.73. The highest BCUT2D eigenvalue weighted by atomic mass is 31.1. The van der Waals surface area contributed by atoms with E-state index in [9.17, 15) is 4.79 Å². The predicted molar refractivity (Wildman–Crippen MR) is 54.2 cm³/mol. The molecule has 12 heavy (non-hydrogen) atoms. The van der Waals surface area contributed by atoms with Crippen LogP contribution in [0.4, 0.5) is 0 Å². The van der Waals surface area contributed by atoms with Crippen molar-refractivity contribution in [3.05, 3.63) is 0 Å². The van der Waals surface area contributed by atoms with Crippen molar-refractivity contribution in [1.82, 2.24) is 0 Å². The topological polar surface area (TPSA) is 26.3 Å². The van der Waals surface area contributed by atoms with Crippen molar-refractivity contribution in [2.45, 2.75) is 44.9 Å². The maximum absolute atomic E-state index is 11.3. The highest BCUT2D eigenvalue weighted by Crippen LogP contribution is 2.43. The largest absolute Gasteiger partial charge is 0.468 e. The van der Waals surface area contributed by atoms with Gasteiger partial charge in [-0.3, -0.25) is 4.79 Å². The average molecular weight is 190 g/mol. The van der Waals surface area contributed by atoms with Crippen LogP contribution in [-0.2, 0) is 9.53 Å². The van der Waals surface area contributed by atoms with Crippen LogP contribution in [0, 0.1) is 0 Å². The molecule has 0 radical (unpaired) electrons. The van der Waals surface area contributed by atoms with Crippen LogP contribution in [0.25, 0.3) is 0 Å². The summed E-state index contributed by atoms with van der Waals surface area (Å²) in [6.07, 6.45) is 0. The van der Waals surface area contributed by atoms with Crippen molar-refractivity contribution in [2.24, 2.45) is 0 Å². The number of carbonyl (C=O) groups excluding carboxylic acids is 1. The third kappa shape index (κ3) is 4.06. The molecular formula is C9H19O2P. The molecule has 0 aliphatic heterocycles. The van der Waals surface area contributed by atoms with Crippen LogP contribution in [0.3, 0.4) is 0 Å². The van der Waals surface area contributed by atoms with Crippen molar-refractivity contribution in [1.29, 1.82) is 0 Å². The van der Waals surface area contributed by atoms with Gasteiger partial charge >= 0.3 is 5.97 Å². The molecule has 0 rings (SSSR count). The Labute approximate surface area is 76.8 Å². The molecule has 0 aromatic carbocycles. The van der Waals surface area contributed by atoms with E-state index < -0.39 is 0 Å². The maximum atomic E-state index is 11.3. The molecule has 0 N–H and O–H groups in total. The molecule has 0 fully saturated rings.